The number of methoxy groups -OCH3 is 1. The number of benzene rings is 1. The summed E-state index contributed by atoms with van der Waals surface area (Å²) in [5.41, 5.74) is 3.60. The molecule has 0 radical (unpaired) electrons. The molecular formula is C19H22N2O3. The predicted octanol–water partition coefficient (Wildman–Crippen LogP) is 3.54. The van der Waals surface area contributed by atoms with Crippen LogP contribution in [0.2, 0.25) is 0 Å². The molecule has 0 saturated carbocycles. The lowest BCUT2D eigenvalue weighted by molar-refractivity contribution is 0.0477. The van der Waals surface area contributed by atoms with Crippen LogP contribution in [-0.4, -0.2) is 24.7 Å². The van der Waals surface area contributed by atoms with Gasteiger partial charge in [0, 0.05) is 13.0 Å². The molecule has 5 heteroatoms. The fourth-order valence-electron chi connectivity index (χ4n) is 2.82. The van der Waals surface area contributed by atoms with E-state index >= 15 is 0 Å². The van der Waals surface area contributed by atoms with Gasteiger partial charge >= 0.3 is 5.97 Å². The van der Waals surface area contributed by atoms with E-state index in [9.17, 15) is 4.79 Å². The highest BCUT2D eigenvalue weighted by Crippen LogP contribution is 2.28. The first-order valence-electron chi connectivity index (χ1n) is 8.16. The molecule has 0 aliphatic carbocycles. The van der Waals surface area contributed by atoms with Gasteiger partial charge in [-0.1, -0.05) is 26.0 Å². The fourth-order valence-corrected chi connectivity index (χ4v) is 2.82. The maximum atomic E-state index is 12.1. The molecule has 1 aliphatic rings. The molecule has 126 valence electrons. The third-order valence-electron chi connectivity index (χ3n) is 4.12. The van der Waals surface area contributed by atoms with Gasteiger partial charge in [-0.2, -0.15) is 0 Å². The van der Waals surface area contributed by atoms with Crippen molar-refractivity contribution >= 4 is 11.8 Å². The Hall–Kier alpha value is -2.56. The lowest BCUT2D eigenvalue weighted by atomic mass is 9.96. The van der Waals surface area contributed by atoms with Crippen LogP contribution in [0, 0.1) is 0 Å². The van der Waals surface area contributed by atoms with Crippen molar-refractivity contribution in [3.05, 3.63) is 52.7 Å². The van der Waals surface area contributed by atoms with Gasteiger partial charge in [-0.15, -0.1) is 0 Å². The Labute approximate surface area is 142 Å². The van der Waals surface area contributed by atoms with Gasteiger partial charge in [0.15, 0.2) is 0 Å². The van der Waals surface area contributed by atoms with Gasteiger partial charge in [-0.25, -0.2) is 9.78 Å². The number of cyclic esters (lactones) is 1. The number of fused-ring (bicyclic) bond motifs is 1. The third-order valence-corrected chi connectivity index (χ3v) is 4.12. The van der Waals surface area contributed by atoms with Crippen LogP contribution in [0.5, 0.6) is 5.75 Å². The molecule has 0 spiro atoms. The highest BCUT2D eigenvalue weighted by atomic mass is 16.5. The number of ether oxygens (including phenoxy) is 2. The van der Waals surface area contributed by atoms with E-state index in [1.54, 1.807) is 7.11 Å². The summed E-state index contributed by atoms with van der Waals surface area (Å²) in [6.45, 7) is 5.18. The molecule has 1 aliphatic heterocycles. The molecule has 2 heterocycles. The molecule has 1 N–H and O–H groups in total. The van der Waals surface area contributed by atoms with Crippen molar-refractivity contribution in [1.82, 2.24) is 4.98 Å². The second-order valence-corrected chi connectivity index (χ2v) is 6.17. The van der Waals surface area contributed by atoms with Crippen molar-refractivity contribution < 1.29 is 14.3 Å². The zero-order chi connectivity index (χ0) is 17.1. The molecule has 0 amide bonds. The topological polar surface area (TPSA) is 60.5 Å². The second kappa shape index (κ2) is 6.91. The van der Waals surface area contributed by atoms with Crippen molar-refractivity contribution in [2.75, 3.05) is 19.0 Å². The number of nitrogens with zero attached hydrogens (tertiary/aromatic N) is 1. The maximum Gasteiger partial charge on any atom is 0.340 e. The van der Waals surface area contributed by atoms with Crippen LogP contribution in [0.4, 0.5) is 5.82 Å². The smallest absolute Gasteiger partial charge is 0.340 e. The molecular weight excluding hydrogens is 304 g/mol. The van der Waals surface area contributed by atoms with E-state index in [4.69, 9.17) is 9.47 Å². The molecule has 0 bridgehead atoms. The van der Waals surface area contributed by atoms with Gasteiger partial charge in [-0.05, 0) is 35.2 Å². The average Bonchev–Trinajstić information content (AvgIpc) is 2.59. The van der Waals surface area contributed by atoms with Crippen LogP contribution in [0.25, 0.3) is 0 Å². The molecule has 0 atom stereocenters. The number of carbonyl (C=O) groups excluding carboxylic acids is 1. The molecule has 3 rings (SSSR count). The number of nitrogens with one attached hydrogen (secondary N) is 1. The van der Waals surface area contributed by atoms with Gasteiger partial charge in [0.2, 0.25) is 0 Å². The number of aromatic nitrogens is 1. The summed E-state index contributed by atoms with van der Waals surface area (Å²) < 4.78 is 10.3. The quantitative estimate of drug-likeness (QED) is 0.852. The van der Waals surface area contributed by atoms with Gasteiger partial charge in [0.05, 0.1) is 25.0 Å². The van der Waals surface area contributed by atoms with E-state index in [1.807, 2.05) is 44.2 Å². The molecule has 24 heavy (non-hydrogen) atoms. The van der Waals surface area contributed by atoms with Crippen LogP contribution in [0.15, 0.2) is 30.3 Å². The van der Waals surface area contributed by atoms with E-state index in [-0.39, 0.29) is 11.9 Å². The second-order valence-electron chi connectivity index (χ2n) is 6.17. The summed E-state index contributed by atoms with van der Waals surface area (Å²) in [5.74, 6) is 1.54. The first kappa shape index (κ1) is 16.3. The van der Waals surface area contributed by atoms with Crippen molar-refractivity contribution in [3.63, 3.8) is 0 Å². The highest BCUT2D eigenvalue weighted by Gasteiger charge is 2.25. The number of esters is 1. The summed E-state index contributed by atoms with van der Waals surface area (Å²) in [6, 6.07) is 9.88. The number of hydrogen-bond donors (Lipinski definition) is 1. The summed E-state index contributed by atoms with van der Waals surface area (Å²) in [4.78, 5) is 16.7. The molecule has 0 fully saturated rings. The standard InChI is InChI=1S/C19H22N2O3/c1-12(2)18-17-14(8-9-24-19(17)22)10-16(21-18)20-11-13-4-6-15(23-3)7-5-13/h4-7,10,12H,8-9,11H2,1-3H3,(H,20,21). The fraction of sp³-hybridized carbons (Fsp3) is 0.368. The Kier molecular flexibility index (Phi) is 4.69. The zero-order valence-electron chi connectivity index (χ0n) is 14.3. The first-order valence-corrected chi connectivity index (χ1v) is 8.16. The SMILES string of the molecule is COc1ccc(CNc2cc3c(c(C(C)C)n2)C(=O)OCC3)cc1. The number of rotatable bonds is 5. The predicted molar refractivity (Wildman–Crippen MR) is 92.6 cm³/mol. The molecule has 5 nitrogen and oxygen atoms in total. The number of pyridine rings is 1. The monoisotopic (exact) mass is 326 g/mol. The summed E-state index contributed by atoms with van der Waals surface area (Å²) >= 11 is 0. The van der Waals surface area contributed by atoms with Crippen LogP contribution in [0.3, 0.4) is 0 Å². The van der Waals surface area contributed by atoms with Gasteiger partial charge in [0.25, 0.3) is 0 Å². The van der Waals surface area contributed by atoms with E-state index in [0.29, 0.717) is 18.7 Å². The normalized spacial score (nSPS) is 13.4. The minimum atomic E-state index is -0.255. The van der Waals surface area contributed by atoms with Gasteiger partial charge in [-0.3, -0.25) is 0 Å². The van der Waals surface area contributed by atoms with Crippen molar-refractivity contribution in [2.24, 2.45) is 0 Å². The van der Waals surface area contributed by atoms with E-state index in [1.165, 1.54) is 0 Å². The molecule has 1 aromatic carbocycles. The minimum Gasteiger partial charge on any atom is -0.497 e. The van der Waals surface area contributed by atoms with Crippen LogP contribution < -0.4 is 10.1 Å². The third kappa shape index (κ3) is 3.35. The van der Waals surface area contributed by atoms with E-state index in [0.717, 1.165) is 34.8 Å². The number of anilines is 1. The Balaban J connectivity index is 1.83. The van der Waals surface area contributed by atoms with Crippen LogP contribution in [-0.2, 0) is 17.7 Å². The molecule has 0 saturated heterocycles. The largest absolute Gasteiger partial charge is 0.497 e. The number of hydrogen-bond acceptors (Lipinski definition) is 5. The lowest BCUT2D eigenvalue weighted by Crippen LogP contribution is -2.22. The first-order chi connectivity index (χ1) is 11.6. The average molecular weight is 326 g/mol. The van der Waals surface area contributed by atoms with E-state index in [2.05, 4.69) is 10.3 Å². The molecule has 0 unspecified atom stereocenters. The lowest BCUT2D eigenvalue weighted by Gasteiger charge is -2.21. The zero-order valence-corrected chi connectivity index (χ0v) is 14.3. The Morgan fingerprint density at radius 2 is 2.04 bits per heavy atom. The summed E-state index contributed by atoms with van der Waals surface area (Å²) in [7, 11) is 1.66. The van der Waals surface area contributed by atoms with Crippen LogP contribution in [0.1, 0.15) is 46.9 Å². The highest BCUT2D eigenvalue weighted by molar-refractivity contribution is 5.93. The Bertz CT molecular complexity index is 739. The molecule has 1 aromatic heterocycles. The van der Waals surface area contributed by atoms with Crippen LogP contribution >= 0.6 is 0 Å². The van der Waals surface area contributed by atoms with Gasteiger partial charge in [0.1, 0.15) is 11.6 Å². The summed E-state index contributed by atoms with van der Waals surface area (Å²) in [5, 5.41) is 3.35. The van der Waals surface area contributed by atoms with Crippen molar-refractivity contribution in [1.29, 1.82) is 0 Å². The van der Waals surface area contributed by atoms with Crippen molar-refractivity contribution in [3.8, 4) is 5.75 Å². The Morgan fingerprint density at radius 1 is 1.29 bits per heavy atom. The number of carbonyl (C=O) groups is 1. The molecule has 2 aromatic rings. The van der Waals surface area contributed by atoms with E-state index < -0.39 is 0 Å². The van der Waals surface area contributed by atoms with Gasteiger partial charge < -0.3 is 14.8 Å². The Morgan fingerprint density at radius 3 is 2.71 bits per heavy atom. The minimum absolute atomic E-state index is 0.159. The maximum absolute atomic E-state index is 12.1. The summed E-state index contributed by atoms with van der Waals surface area (Å²) in [6.07, 6.45) is 0.737. The van der Waals surface area contributed by atoms with Crippen molar-refractivity contribution in [2.45, 2.75) is 32.7 Å².